The minimum Gasteiger partial charge on any atom is -0.189 e. The highest BCUT2D eigenvalue weighted by Gasteiger charge is 2.26. The van der Waals surface area contributed by atoms with Crippen LogP contribution in [0.15, 0.2) is 81.1 Å². The molecule has 0 aliphatic carbocycles. The number of hydrogen-bond donors (Lipinski definition) is 0. The standard InChI is InChI=1S/C16H14Cl4N4/c17-15(18,13-7-3-1-4-8-13)23-21-11-12-22-24-16(19,20)14-9-5-2-6-10-14/h1-10H,11-12H2. The molecule has 0 bridgehead atoms. The molecule has 24 heavy (non-hydrogen) atoms. The van der Waals surface area contributed by atoms with E-state index in [0.29, 0.717) is 11.1 Å². The lowest BCUT2D eigenvalue weighted by molar-refractivity contribution is 0.732. The SMILES string of the molecule is ClC(Cl)(N=NCCN=NC(Cl)(Cl)c1ccccc1)c1ccccc1. The predicted octanol–water partition coefficient (Wildman–Crippen LogP) is 6.47. The quantitative estimate of drug-likeness (QED) is 0.220. The Morgan fingerprint density at radius 1 is 0.583 bits per heavy atom. The number of azo groups is 2. The summed E-state index contributed by atoms with van der Waals surface area (Å²) >= 11 is 24.5. The molecule has 0 aromatic heterocycles. The first-order valence-corrected chi connectivity index (χ1v) is 8.57. The molecule has 0 spiro atoms. The molecule has 0 saturated carbocycles. The van der Waals surface area contributed by atoms with Crippen molar-refractivity contribution in [3.8, 4) is 0 Å². The largest absolute Gasteiger partial charge is 0.253 e. The lowest BCUT2D eigenvalue weighted by Crippen LogP contribution is -2.06. The van der Waals surface area contributed by atoms with Gasteiger partial charge in [0, 0.05) is 11.1 Å². The Balaban J connectivity index is 1.86. The number of rotatable bonds is 7. The van der Waals surface area contributed by atoms with Crippen molar-refractivity contribution in [2.24, 2.45) is 20.5 Å². The van der Waals surface area contributed by atoms with Gasteiger partial charge in [0.15, 0.2) is 0 Å². The van der Waals surface area contributed by atoms with Gasteiger partial charge in [0.1, 0.15) is 0 Å². The summed E-state index contributed by atoms with van der Waals surface area (Å²) in [6.45, 7) is 0.520. The Morgan fingerprint density at radius 2 is 0.917 bits per heavy atom. The van der Waals surface area contributed by atoms with E-state index in [1.165, 1.54) is 0 Å². The highest BCUT2D eigenvalue weighted by atomic mass is 35.5. The molecule has 4 nitrogen and oxygen atoms in total. The van der Waals surface area contributed by atoms with E-state index < -0.39 is 8.91 Å². The van der Waals surface area contributed by atoms with Gasteiger partial charge in [0.25, 0.3) is 8.91 Å². The van der Waals surface area contributed by atoms with Crippen molar-refractivity contribution in [1.82, 2.24) is 0 Å². The van der Waals surface area contributed by atoms with Gasteiger partial charge in [-0.2, -0.15) is 10.2 Å². The van der Waals surface area contributed by atoms with Crippen LogP contribution in [0, 0.1) is 0 Å². The predicted molar refractivity (Wildman–Crippen MR) is 99.1 cm³/mol. The summed E-state index contributed by atoms with van der Waals surface area (Å²) < 4.78 is -2.85. The molecule has 0 amide bonds. The van der Waals surface area contributed by atoms with Crippen LogP contribution in [-0.4, -0.2) is 13.1 Å². The zero-order valence-electron chi connectivity index (χ0n) is 12.5. The van der Waals surface area contributed by atoms with Crippen molar-refractivity contribution in [2.75, 3.05) is 13.1 Å². The molecule has 8 heteroatoms. The van der Waals surface area contributed by atoms with E-state index in [4.69, 9.17) is 46.4 Å². The Bertz CT molecular complexity index is 626. The fraction of sp³-hybridized carbons (Fsp3) is 0.250. The molecule has 0 aliphatic heterocycles. The van der Waals surface area contributed by atoms with E-state index in [0.717, 1.165) is 0 Å². The molecule has 2 aromatic rings. The van der Waals surface area contributed by atoms with E-state index in [9.17, 15) is 0 Å². The first-order chi connectivity index (χ1) is 11.4. The van der Waals surface area contributed by atoms with Gasteiger partial charge in [0.05, 0.1) is 13.1 Å². The van der Waals surface area contributed by atoms with Crippen LogP contribution >= 0.6 is 46.4 Å². The second kappa shape index (κ2) is 8.77. The maximum Gasteiger partial charge on any atom is 0.253 e. The fourth-order valence-corrected chi connectivity index (χ4v) is 2.48. The summed E-state index contributed by atoms with van der Waals surface area (Å²) in [6, 6.07) is 18.1. The molecular weight excluding hydrogens is 390 g/mol. The third kappa shape index (κ3) is 5.71. The van der Waals surface area contributed by atoms with Crippen molar-refractivity contribution < 1.29 is 0 Å². The normalized spacial score (nSPS) is 13.0. The third-order valence-corrected chi connectivity index (χ3v) is 4.11. The molecular formula is C16H14Cl4N4. The molecule has 0 aliphatic rings. The average Bonchev–Trinajstić information content (AvgIpc) is 2.59. The van der Waals surface area contributed by atoms with Crippen LogP contribution in [0.4, 0.5) is 0 Å². The smallest absolute Gasteiger partial charge is 0.189 e. The Morgan fingerprint density at radius 3 is 1.25 bits per heavy atom. The molecule has 0 N–H and O–H groups in total. The Hall–Kier alpha value is -1.20. The second-order valence-electron chi connectivity index (χ2n) is 4.74. The molecule has 0 radical (unpaired) electrons. The minimum absolute atomic E-state index is 0.260. The summed E-state index contributed by atoms with van der Waals surface area (Å²) in [4.78, 5) is 0. The van der Waals surface area contributed by atoms with E-state index in [-0.39, 0.29) is 13.1 Å². The molecule has 2 rings (SSSR count). The van der Waals surface area contributed by atoms with Crippen LogP contribution in [0.2, 0.25) is 0 Å². The molecule has 0 unspecified atom stereocenters. The number of alkyl halides is 4. The molecule has 0 heterocycles. The fourth-order valence-electron chi connectivity index (χ4n) is 1.76. The highest BCUT2D eigenvalue weighted by molar-refractivity contribution is 6.48. The molecule has 2 aromatic carbocycles. The van der Waals surface area contributed by atoms with E-state index in [1.807, 2.05) is 36.4 Å². The number of benzene rings is 2. The Labute approximate surface area is 160 Å². The monoisotopic (exact) mass is 402 g/mol. The average molecular weight is 404 g/mol. The van der Waals surface area contributed by atoms with Gasteiger partial charge in [-0.25, -0.2) is 0 Å². The van der Waals surface area contributed by atoms with Crippen LogP contribution in [0.25, 0.3) is 0 Å². The van der Waals surface area contributed by atoms with Crippen LogP contribution in [0.1, 0.15) is 11.1 Å². The summed E-state index contributed by atoms with van der Waals surface area (Å²) in [5, 5.41) is 15.7. The van der Waals surface area contributed by atoms with Gasteiger partial charge < -0.3 is 0 Å². The maximum absolute atomic E-state index is 6.14. The lowest BCUT2D eigenvalue weighted by atomic mass is 10.2. The zero-order chi connectivity index (χ0) is 17.5. The maximum atomic E-state index is 6.14. The van der Waals surface area contributed by atoms with Crippen LogP contribution in [-0.2, 0) is 8.91 Å². The number of hydrogen-bond acceptors (Lipinski definition) is 4. The van der Waals surface area contributed by atoms with Gasteiger partial charge >= 0.3 is 0 Å². The third-order valence-electron chi connectivity index (χ3n) is 2.93. The van der Waals surface area contributed by atoms with Crippen molar-refractivity contribution >= 4 is 46.4 Å². The van der Waals surface area contributed by atoms with E-state index in [1.54, 1.807) is 24.3 Å². The minimum atomic E-state index is -1.43. The van der Waals surface area contributed by atoms with E-state index >= 15 is 0 Å². The van der Waals surface area contributed by atoms with Crippen molar-refractivity contribution in [3.63, 3.8) is 0 Å². The second-order valence-corrected chi connectivity index (χ2v) is 7.32. The van der Waals surface area contributed by atoms with Crippen molar-refractivity contribution in [3.05, 3.63) is 71.8 Å². The summed E-state index contributed by atoms with van der Waals surface area (Å²) in [6.07, 6.45) is 0. The first-order valence-electron chi connectivity index (χ1n) is 7.06. The first kappa shape index (κ1) is 19.1. The van der Waals surface area contributed by atoms with Crippen LogP contribution < -0.4 is 0 Å². The van der Waals surface area contributed by atoms with Crippen LogP contribution in [0.5, 0.6) is 0 Å². The van der Waals surface area contributed by atoms with Gasteiger partial charge in [-0.15, -0.1) is 10.2 Å². The van der Waals surface area contributed by atoms with Crippen molar-refractivity contribution in [2.45, 2.75) is 8.91 Å². The van der Waals surface area contributed by atoms with Gasteiger partial charge in [-0.3, -0.25) is 0 Å². The highest BCUT2D eigenvalue weighted by Crippen LogP contribution is 2.36. The number of nitrogens with zero attached hydrogens (tertiary/aromatic N) is 4. The van der Waals surface area contributed by atoms with Gasteiger partial charge in [-0.05, 0) is 0 Å². The lowest BCUT2D eigenvalue weighted by Gasteiger charge is -2.13. The van der Waals surface area contributed by atoms with Gasteiger partial charge in [-0.1, -0.05) is 107 Å². The summed E-state index contributed by atoms with van der Waals surface area (Å²) in [5.74, 6) is 0. The van der Waals surface area contributed by atoms with Gasteiger partial charge in [0.2, 0.25) is 0 Å². The Kier molecular flexibility index (Phi) is 6.99. The summed E-state index contributed by atoms with van der Waals surface area (Å²) in [7, 11) is 0. The summed E-state index contributed by atoms with van der Waals surface area (Å²) in [5.41, 5.74) is 1.28. The molecule has 0 atom stereocenters. The van der Waals surface area contributed by atoms with E-state index in [2.05, 4.69) is 20.5 Å². The topological polar surface area (TPSA) is 49.4 Å². The molecule has 126 valence electrons. The molecule has 0 fully saturated rings. The zero-order valence-corrected chi connectivity index (χ0v) is 15.5. The van der Waals surface area contributed by atoms with Crippen LogP contribution in [0.3, 0.4) is 0 Å². The van der Waals surface area contributed by atoms with Crippen molar-refractivity contribution in [1.29, 1.82) is 0 Å². The molecule has 0 saturated heterocycles. The number of halogens is 4.